The lowest BCUT2D eigenvalue weighted by Crippen LogP contribution is -2.46. The van der Waals surface area contributed by atoms with Gasteiger partial charge in [0.1, 0.15) is 24.4 Å². The minimum Gasteiger partial charge on any atom is -0.390 e. The molecule has 120 valence electrons. The smallest absolute Gasteiger partial charge is 0.164 e. The fourth-order valence-electron chi connectivity index (χ4n) is 2.93. The van der Waals surface area contributed by atoms with Crippen molar-refractivity contribution in [3.05, 3.63) is 25.3 Å². The van der Waals surface area contributed by atoms with Gasteiger partial charge in [-0.3, -0.25) is 0 Å². The summed E-state index contributed by atoms with van der Waals surface area (Å²) in [5.41, 5.74) is 0. The average molecular weight is 298 g/mol. The Bertz CT molecular complexity index is 403. The fourth-order valence-corrected chi connectivity index (χ4v) is 2.93. The summed E-state index contributed by atoms with van der Waals surface area (Å²) in [4.78, 5) is 0. The summed E-state index contributed by atoms with van der Waals surface area (Å²) in [5.74, 6) is -1.49. The van der Waals surface area contributed by atoms with E-state index in [9.17, 15) is 5.11 Å². The van der Waals surface area contributed by atoms with Gasteiger partial charge in [0.15, 0.2) is 11.6 Å². The predicted molar refractivity (Wildman–Crippen MR) is 78.7 cm³/mol. The van der Waals surface area contributed by atoms with E-state index >= 15 is 0 Å². The zero-order chi connectivity index (χ0) is 15.8. The van der Waals surface area contributed by atoms with Gasteiger partial charge in [-0.25, -0.2) is 0 Å². The maximum Gasteiger partial charge on any atom is 0.164 e. The highest BCUT2D eigenvalue weighted by molar-refractivity contribution is 5.03. The van der Waals surface area contributed by atoms with E-state index in [0.717, 1.165) is 0 Å². The highest BCUT2D eigenvalue weighted by atomic mass is 16.8. The molecule has 0 aromatic heterocycles. The van der Waals surface area contributed by atoms with Crippen molar-refractivity contribution >= 4 is 0 Å². The van der Waals surface area contributed by atoms with E-state index < -0.39 is 29.9 Å². The molecule has 2 saturated heterocycles. The summed E-state index contributed by atoms with van der Waals surface area (Å²) in [5, 5.41) is 10.3. The van der Waals surface area contributed by atoms with Crippen LogP contribution in [-0.2, 0) is 18.9 Å². The van der Waals surface area contributed by atoms with Crippen LogP contribution in [0.3, 0.4) is 0 Å². The van der Waals surface area contributed by atoms with E-state index in [-0.39, 0.29) is 12.2 Å². The van der Waals surface area contributed by atoms with E-state index in [1.54, 1.807) is 12.2 Å². The van der Waals surface area contributed by atoms with Gasteiger partial charge in [0.05, 0.1) is 6.10 Å². The van der Waals surface area contributed by atoms with Crippen molar-refractivity contribution in [2.75, 3.05) is 0 Å². The molecule has 5 atom stereocenters. The molecule has 0 aromatic rings. The first-order chi connectivity index (χ1) is 9.69. The van der Waals surface area contributed by atoms with E-state index in [0.29, 0.717) is 6.42 Å². The van der Waals surface area contributed by atoms with Crippen LogP contribution in [0.4, 0.5) is 0 Å². The Labute approximate surface area is 126 Å². The van der Waals surface area contributed by atoms with Crippen LogP contribution in [0.15, 0.2) is 25.3 Å². The molecule has 2 aliphatic rings. The lowest BCUT2D eigenvalue weighted by Gasteiger charge is -2.27. The summed E-state index contributed by atoms with van der Waals surface area (Å²) in [6.45, 7) is 14.8. The van der Waals surface area contributed by atoms with Crippen LogP contribution in [0.1, 0.15) is 34.1 Å². The van der Waals surface area contributed by atoms with E-state index in [1.807, 2.05) is 27.7 Å². The Kier molecular flexibility index (Phi) is 4.61. The molecular formula is C16H26O5. The predicted octanol–water partition coefficient (Wildman–Crippen LogP) is 2.15. The van der Waals surface area contributed by atoms with Crippen molar-refractivity contribution in [3.63, 3.8) is 0 Å². The third-order valence-electron chi connectivity index (χ3n) is 3.67. The Morgan fingerprint density at radius 1 is 1.00 bits per heavy atom. The van der Waals surface area contributed by atoms with E-state index in [4.69, 9.17) is 18.9 Å². The molecule has 21 heavy (non-hydrogen) atoms. The summed E-state index contributed by atoms with van der Waals surface area (Å²) in [7, 11) is 0. The molecule has 0 amide bonds. The number of rotatable bonds is 5. The van der Waals surface area contributed by atoms with Crippen LogP contribution in [0, 0.1) is 0 Å². The van der Waals surface area contributed by atoms with E-state index in [2.05, 4.69) is 13.2 Å². The van der Waals surface area contributed by atoms with Gasteiger partial charge in [0.25, 0.3) is 0 Å². The maximum absolute atomic E-state index is 10.3. The molecule has 0 bridgehead atoms. The molecule has 2 rings (SSSR count). The van der Waals surface area contributed by atoms with Gasteiger partial charge in [-0.1, -0.05) is 12.2 Å². The van der Waals surface area contributed by atoms with Crippen molar-refractivity contribution in [1.82, 2.24) is 0 Å². The highest BCUT2D eigenvalue weighted by Crippen LogP contribution is 2.39. The summed E-state index contributed by atoms with van der Waals surface area (Å²) in [6, 6.07) is 0. The average Bonchev–Trinajstić information content (AvgIpc) is 2.85. The summed E-state index contributed by atoms with van der Waals surface area (Å²) in [6.07, 6.45) is 1.48. The van der Waals surface area contributed by atoms with Crippen LogP contribution in [-0.4, -0.2) is 47.2 Å². The largest absolute Gasteiger partial charge is 0.390 e. The lowest BCUT2D eigenvalue weighted by molar-refractivity contribution is -0.175. The van der Waals surface area contributed by atoms with Gasteiger partial charge in [-0.15, -0.1) is 13.2 Å². The monoisotopic (exact) mass is 298 g/mol. The van der Waals surface area contributed by atoms with Crippen molar-refractivity contribution in [2.45, 2.75) is 76.2 Å². The number of aliphatic hydroxyl groups excluding tert-OH is 1. The van der Waals surface area contributed by atoms with E-state index in [1.165, 1.54) is 0 Å². The van der Waals surface area contributed by atoms with Gasteiger partial charge in [0, 0.05) is 0 Å². The van der Waals surface area contributed by atoms with Gasteiger partial charge in [-0.2, -0.15) is 0 Å². The molecule has 1 N–H and O–H groups in total. The van der Waals surface area contributed by atoms with Gasteiger partial charge < -0.3 is 24.1 Å². The second-order valence-electron chi connectivity index (χ2n) is 6.46. The molecule has 2 fully saturated rings. The van der Waals surface area contributed by atoms with Gasteiger partial charge >= 0.3 is 0 Å². The maximum atomic E-state index is 10.3. The van der Waals surface area contributed by atoms with Crippen molar-refractivity contribution < 1.29 is 24.1 Å². The SMILES string of the molecule is C=CC[C@H](O)[C@@H]1OC(C)(C)O[C@@H]1[C@@H]1OC(C)(C)O[C@@H]1C=C. The first-order valence-electron chi connectivity index (χ1n) is 7.32. The van der Waals surface area contributed by atoms with Gasteiger partial charge in [-0.05, 0) is 34.1 Å². The Balaban J connectivity index is 2.22. The molecule has 0 aromatic carbocycles. The summed E-state index contributed by atoms with van der Waals surface area (Å²) >= 11 is 0. The fraction of sp³-hybridized carbons (Fsp3) is 0.750. The van der Waals surface area contributed by atoms with Crippen LogP contribution in [0.25, 0.3) is 0 Å². The van der Waals surface area contributed by atoms with Crippen LogP contribution >= 0.6 is 0 Å². The van der Waals surface area contributed by atoms with Crippen molar-refractivity contribution in [3.8, 4) is 0 Å². The normalized spacial score (nSPS) is 39.1. The Morgan fingerprint density at radius 3 is 2.14 bits per heavy atom. The number of hydrogen-bond acceptors (Lipinski definition) is 5. The summed E-state index contributed by atoms with van der Waals surface area (Å²) < 4.78 is 23.6. The molecule has 0 radical (unpaired) electrons. The quantitative estimate of drug-likeness (QED) is 0.788. The molecule has 0 unspecified atom stereocenters. The zero-order valence-corrected chi connectivity index (χ0v) is 13.2. The topological polar surface area (TPSA) is 57.2 Å². The molecule has 5 nitrogen and oxygen atoms in total. The number of aliphatic hydroxyl groups is 1. The van der Waals surface area contributed by atoms with Crippen molar-refractivity contribution in [2.24, 2.45) is 0 Å². The lowest BCUT2D eigenvalue weighted by atomic mass is 9.98. The number of ether oxygens (including phenoxy) is 4. The third-order valence-corrected chi connectivity index (χ3v) is 3.67. The molecule has 0 aliphatic carbocycles. The first-order valence-corrected chi connectivity index (χ1v) is 7.32. The minimum absolute atomic E-state index is 0.305. The van der Waals surface area contributed by atoms with Gasteiger partial charge in [0.2, 0.25) is 0 Å². The third kappa shape index (κ3) is 3.55. The minimum atomic E-state index is -0.778. The molecular weight excluding hydrogens is 272 g/mol. The van der Waals surface area contributed by atoms with Crippen molar-refractivity contribution in [1.29, 1.82) is 0 Å². The molecule has 5 heteroatoms. The molecule has 0 saturated carbocycles. The molecule has 2 aliphatic heterocycles. The second-order valence-corrected chi connectivity index (χ2v) is 6.46. The second kappa shape index (κ2) is 5.82. The van der Waals surface area contributed by atoms with Crippen LogP contribution < -0.4 is 0 Å². The van der Waals surface area contributed by atoms with Crippen LogP contribution in [0.5, 0.6) is 0 Å². The number of hydrogen-bond donors (Lipinski definition) is 1. The zero-order valence-electron chi connectivity index (χ0n) is 13.2. The molecule has 0 spiro atoms. The Morgan fingerprint density at radius 2 is 1.57 bits per heavy atom. The molecule has 2 heterocycles. The Hall–Kier alpha value is -0.720. The highest BCUT2D eigenvalue weighted by Gasteiger charge is 2.54. The first kappa shape index (κ1) is 16.6. The van der Waals surface area contributed by atoms with Crippen LogP contribution in [0.2, 0.25) is 0 Å². The standard InChI is InChI=1S/C16H26O5/c1-7-9-10(17)12-14(21-16(5,6)19-12)13-11(8-2)18-15(3,4)20-13/h7-8,10-14,17H,1-2,9H2,3-6H3/t10-,11+,12-,13+,14-/m0/s1.